The van der Waals surface area contributed by atoms with Crippen LogP contribution < -0.4 is 10.1 Å². The van der Waals surface area contributed by atoms with E-state index < -0.39 is 11.9 Å². The Bertz CT molecular complexity index is 1060. The number of amides is 1. The molecule has 3 rings (SSSR count). The molecule has 1 N–H and O–H groups in total. The molecule has 0 bridgehead atoms. The average molecular weight is 398 g/mol. The first-order valence-electron chi connectivity index (χ1n) is 8.98. The number of aromatic nitrogens is 3. The maximum atomic E-state index is 12.3. The number of hydrogen-bond acceptors (Lipinski definition) is 7. The van der Waals surface area contributed by atoms with Gasteiger partial charge in [0.05, 0.1) is 19.9 Å². The molecule has 0 spiro atoms. The van der Waals surface area contributed by atoms with E-state index in [1.807, 2.05) is 31.2 Å². The van der Waals surface area contributed by atoms with Crippen LogP contribution in [0.2, 0.25) is 0 Å². The summed E-state index contributed by atoms with van der Waals surface area (Å²) in [6.07, 6.45) is 1.34. The molecular weight excluding hydrogens is 376 g/mol. The number of para-hydroxylation sites is 1. The molecule has 0 saturated heterocycles. The molecule has 29 heavy (non-hydrogen) atoms. The van der Waals surface area contributed by atoms with Crippen molar-refractivity contribution in [3.8, 4) is 11.6 Å². The average Bonchev–Trinajstić information content (AvgIpc) is 3.11. The predicted octanol–water partition coefficient (Wildman–Crippen LogP) is 2.50. The minimum Gasteiger partial charge on any atom is -0.494 e. The van der Waals surface area contributed by atoms with Crippen molar-refractivity contribution < 1.29 is 23.8 Å². The Morgan fingerprint density at radius 1 is 1.24 bits per heavy atom. The lowest BCUT2D eigenvalue weighted by molar-refractivity contribution is -0.119. The molecule has 9 heteroatoms. The van der Waals surface area contributed by atoms with Crippen LogP contribution in [0.5, 0.6) is 5.75 Å². The Morgan fingerprint density at radius 3 is 2.72 bits per heavy atom. The molecule has 2 aromatic heterocycles. The highest BCUT2D eigenvalue weighted by atomic mass is 16.5. The maximum Gasteiger partial charge on any atom is 0.343 e. The number of aryl methyl sites for hydroxylation is 1. The summed E-state index contributed by atoms with van der Waals surface area (Å²) in [6, 6.07) is 7.46. The highest BCUT2D eigenvalue weighted by molar-refractivity contribution is 6.01. The second-order valence-corrected chi connectivity index (χ2v) is 6.17. The lowest BCUT2D eigenvalue weighted by Gasteiger charge is -2.13. The van der Waals surface area contributed by atoms with Crippen LogP contribution >= 0.6 is 0 Å². The number of esters is 1. The van der Waals surface area contributed by atoms with Crippen molar-refractivity contribution in [1.82, 2.24) is 14.8 Å². The van der Waals surface area contributed by atoms with E-state index in [9.17, 15) is 9.59 Å². The summed E-state index contributed by atoms with van der Waals surface area (Å²) >= 11 is 0. The van der Waals surface area contributed by atoms with E-state index >= 15 is 0 Å². The highest BCUT2D eigenvalue weighted by Gasteiger charge is 2.22. The molecular formula is C20H22N4O5. The van der Waals surface area contributed by atoms with E-state index in [4.69, 9.17) is 14.2 Å². The number of nitrogens with zero attached hydrogens (tertiary/aromatic N) is 3. The normalized spacial score (nSPS) is 10.8. The van der Waals surface area contributed by atoms with Crippen LogP contribution in [0.15, 0.2) is 30.5 Å². The van der Waals surface area contributed by atoms with Gasteiger partial charge in [-0.05, 0) is 31.5 Å². The second-order valence-electron chi connectivity index (χ2n) is 6.17. The van der Waals surface area contributed by atoms with Crippen LogP contribution in [-0.4, -0.2) is 54.1 Å². The number of ether oxygens (including phenoxy) is 3. The van der Waals surface area contributed by atoms with Gasteiger partial charge in [-0.2, -0.15) is 9.78 Å². The summed E-state index contributed by atoms with van der Waals surface area (Å²) in [5, 5.41) is 7.85. The van der Waals surface area contributed by atoms with E-state index in [0.29, 0.717) is 17.1 Å². The Hall–Kier alpha value is -3.46. The fraction of sp³-hybridized carbons (Fsp3) is 0.300. The van der Waals surface area contributed by atoms with Gasteiger partial charge < -0.3 is 19.5 Å². The van der Waals surface area contributed by atoms with Gasteiger partial charge in [0.1, 0.15) is 23.4 Å². The summed E-state index contributed by atoms with van der Waals surface area (Å²) in [5.74, 6) is 0.154. The summed E-state index contributed by atoms with van der Waals surface area (Å²) in [7, 11) is 2.98. The highest BCUT2D eigenvalue weighted by Crippen LogP contribution is 2.29. The summed E-state index contributed by atoms with van der Waals surface area (Å²) in [4.78, 5) is 29.1. The Balaban J connectivity index is 2.17. The molecule has 2 heterocycles. The van der Waals surface area contributed by atoms with Crippen LogP contribution in [0.25, 0.3) is 16.7 Å². The number of nitrogens with one attached hydrogen (secondary N) is 1. The van der Waals surface area contributed by atoms with E-state index in [1.165, 1.54) is 18.0 Å². The number of hydrogen-bond donors (Lipinski definition) is 1. The molecule has 0 aliphatic carbocycles. The van der Waals surface area contributed by atoms with Crippen LogP contribution in [0, 0.1) is 6.92 Å². The molecule has 0 saturated carbocycles. The van der Waals surface area contributed by atoms with Crippen LogP contribution in [0.3, 0.4) is 0 Å². The molecule has 9 nitrogen and oxygen atoms in total. The van der Waals surface area contributed by atoms with Crippen molar-refractivity contribution in [2.45, 2.75) is 13.8 Å². The fourth-order valence-corrected chi connectivity index (χ4v) is 2.95. The first kappa shape index (κ1) is 20.3. The number of anilines is 1. The number of benzene rings is 1. The number of carbonyl (C=O) groups excluding carboxylic acids is 2. The van der Waals surface area contributed by atoms with Gasteiger partial charge in [0.15, 0.2) is 11.6 Å². The molecule has 3 aromatic rings. The maximum absolute atomic E-state index is 12.3. The zero-order valence-corrected chi connectivity index (χ0v) is 16.7. The van der Waals surface area contributed by atoms with Crippen LogP contribution in [0.1, 0.15) is 22.8 Å². The van der Waals surface area contributed by atoms with Crippen molar-refractivity contribution in [2.75, 3.05) is 32.8 Å². The fourth-order valence-electron chi connectivity index (χ4n) is 2.95. The second kappa shape index (κ2) is 8.70. The van der Waals surface area contributed by atoms with Gasteiger partial charge in [-0.3, -0.25) is 4.79 Å². The van der Waals surface area contributed by atoms with Crippen molar-refractivity contribution in [1.29, 1.82) is 0 Å². The van der Waals surface area contributed by atoms with E-state index in [0.717, 1.165) is 10.9 Å². The molecule has 1 amide bonds. The minimum absolute atomic E-state index is 0.121. The Kier molecular flexibility index (Phi) is 6.08. The van der Waals surface area contributed by atoms with Gasteiger partial charge in [-0.15, -0.1) is 0 Å². The quantitative estimate of drug-likeness (QED) is 0.610. The third kappa shape index (κ3) is 4.04. The first-order chi connectivity index (χ1) is 14.0. The SMILES string of the molecule is CCOC(=O)c1cnn(-c2cc(C)c3cccc(OC)c3n2)c1NC(=O)COC. The van der Waals surface area contributed by atoms with E-state index in [2.05, 4.69) is 15.4 Å². The first-order valence-corrected chi connectivity index (χ1v) is 8.98. The van der Waals surface area contributed by atoms with Crippen molar-refractivity contribution >= 4 is 28.6 Å². The Labute approximate surface area is 167 Å². The van der Waals surface area contributed by atoms with E-state index in [-0.39, 0.29) is 24.6 Å². The van der Waals surface area contributed by atoms with Gasteiger partial charge in [-0.25, -0.2) is 9.78 Å². The van der Waals surface area contributed by atoms with Crippen molar-refractivity contribution in [3.63, 3.8) is 0 Å². The summed E-state index contributed by atoms with van der Waals surface area (Å²) in [5.41, 5.74) is 1.70. The van der Waals surface area contributed by atoms with Crippen LogP contribution in [0.4, 0.5) is 5.82 Å². The zero-order chi connectivity index (χ0) is 21.0. The topological polar surface area (TPSA) is 105 Å². The summed E-state index contributed by atoms with van der Waals surface area (Å²) < 4.78 is 16.7. The standard InChI is InChI=1S/C20H22N4O5/c1-5-29-20(26)14-10-21-24(19(14)23-17(25)11-27-3)16-9-12(2)13-7-6-8-15(28-4)18(13)22-16/h6-10H,5,11H2,1-4H3,(H,23,25). The van der Waals surface area contributed by atoms with Gasteiger partial charge in [-0.1, -0.05) is 12.1 Å². The molecule has 0 aliphatic heterocycles. The monoisotopic (exact) mass is 398 g/mol. The van der Waals surface area contributed by atoms with Crippen molar-refractivity contribution in [2.24, 2.45) is 0 Å². The van der Waals surface area contributed by atoms with E-state index in [1.54, 1.807) is 14.0 Å². The number of methoxy groups -OCH3 is 2. The molecule has 0 atom stereocenters. The van der Waals surface area contributed by atoms with Gasteiger partial charge in [0.25, 0.3) is 5.91 Å². The lowest BCUT2D eigenvalue weighted by Crippen LogP contribution is -2.21. The largest absolute Gasteiger partial charge is 0.494 e. The summed E-state index contributed by atoms with van der Waals surface area (Å²) in [6.45, 7) is 3.66. The molecule has 0 fully saturated rings. The number of carbonyl (C=O) groups is 2. The Morgan fingerprint density at radius 2 is 2.03 bits per heavy atom. The van der Waals surface area contributed by atoms with Gasteiger partial charge >= 0.3 is 5.97 Å². The molecule has 1 aromatic carbocycles. The number of rotatable bonds is 7. The molecule has 152 valence electrons. The van der Waals surface area contributed by atoms with Gasteiger partial charge in [0, 0.05) is 12.5 Å². The number of fused-ring (bicyclic) bond motifs is 1. The zero-order valence-electron chi connectivity index (χ0n) is 16.7. The predicted molar refractivity (Wildman–Crippen MR) is 107 cm³/mol. The molecule has 0 unspecified atom stereocenters. The molecule has 0 radical (unpaired) electrons. The third-order valence-electron chi connectivity index (χ3n) is 4.23. The molecule has 0 aliphatic rings. The lowest BCUT2D eigenvalue weighted by atomic mass is 10.1. The minimum atomic E-state index is -0.596. The number of pyridine rings is 1. The van der Waals surface area contributed by atoms with Crippen molar-refractivity contribution in [3.05, 3.63) is 41.6 Å². The van der Waals surface area contributed by atoms with Crippen LogP contribution in [-0.2, 0) is 14.3 Å². The van der Waals surface area contributed by atoms with Gasteiger partial charge in [0.2, 0.25) is 0 Å². The third-order valence-corrected chi connectivity index (χ3v) is 4.23. The smallest absolute Gasteiger partial charge is 0.343 e.